The number of hydrogen-bond acceptors (Lipinski definition) is 4. The van der Waals surface area contributed by atoms with Crippen LogP contribution in [0.25, 0.3) is 9.69 Å². The van der Waals surface area contributed by atoms with Crippen molar-refractivity contribution in [3.8, 4) is 11.8 Å². The van der Waals surface area contributed by atoms with Crippen molar-refractivity contribution in [3.63, 3.8) is 0 Å². The predicted octanol–water partition coefficient (Wildman–Crippen LogP) is 3.41. The third-order valence-corrected chi connectivity index (χ3v) is 4.65. The molecule has 0 spiro atoms. The van der Waals surface area contributed by atoms with E-state index >= 15 is 0 Å². The van der Waals surface area contributed by atoms with E-state index in [0.29, 0.717) is 25.9 Å². The molecule has 0 aromatic heterocycles. The van der Waals surface area contributed by atoms with Gasteiger partial charge in [0.2, 0.25) is 0 Å². The summed E-state index contributed by atoms with van der Waals surface area (Å²) in [6.45, 7) is 22.2. The minimum atomic E-state index is -1.35. The smallest absolute Gasteiger partial charge is 0.466 e. The van der Waals surface area contributed by atoms with Crippen LogP contribution in [0.5, 0.6) is 0 Å². The summed E-state index contributed by atoms with van der Waals surface area (Å²) in [5.74, 6) is 4.10. The van der Waals surface area contributed by atoms with Crippen LogP contribution in [0.4, 0.5) is 0 Å². The molecule has 6 heteroatoms. The van der Waals surface area contributed by atoms with Crippen molar-refractivity contribution in [1.29, 1.82) is 0 Å². The topological polar surface area (TPSA) is 61.3 Å². The summed E-state index contributed by atoms with van der Waals surface area (Å²) >= 11 is 0. The fourth-order valence-corrected chi connectivity index (χ4v) is 3.37. The molecule has 1 rings (SSSR count). The molecule has 3 atom stereocenters. The first kappa shape index (κ1) is 22.0. The summed E-state index contributed by atoms with van der Waals surface area (Å²) in [5, 5.41) is 0. The molecule has 1 aliphatic carbocycles. The van der Waals surface area contributed by atoms with E-state index in [4.69, 9.17) is 22.6 Å². The molecule has 6 nitrogen and oxygen atoms in total. The van der Waals surface area contributed by atoms with Crippen LogP contribution in [-0.2, 0) is 19.1 Å². The Morgan fingerprint density at radius 1 is 1.26 bits per heavy atom. The minimum absolute atomic E-state index is 0.0531. The zero-order valence-corrected chi connectivity index (χ0v) is 15.8. The van der Waals surface area contributed by atoms with Crippen LogP contribution in [0.2, 0.25) is 0 Å². The van der Waals surface area contributed by atoms with Gasteiger partial charge in [0.1, 0.15) is 5.92 Å². The summed E-state index contributed by atoms with van der Waals surface area (Å²) in [6, 6.07) is 0. The third kappa shape index (κ3) is 6.03. The molecule has 1 saturated carbocycles. The van der Waals surface area contributed by atoms with Gasteiger partial charge in [0.05, 0.1) is 12.5 Å². The van der Waals surface area contributed by atoms with Gasteiger partial charge in [0.25, 0.3) is 0 Å². The Balaban J connectivity index is 3.00. The van der Waals surface area contributed by atoms with Crippen molar-refractivity contribution in [2.45, 2.75) is 45.2 Å². The van der Waals surface area contributed by atoms with Gasteiger partial charge >= 0.3 is 17.6 Å². The number of hydrogen-bond donors (Lipinski definition) is 0. The Morgan fingerprint density at radius 3 is 2.52 bits per heavy atom. The standard InChI is InChI=1S/C21H24N2O4/c1-6-10-17-15-18(20(25)26-7-2)11-12-19(17)21(22-4,23-5)13-8-9-14-27-16(3)24/h10,17-19H,1,7,11-15H2,2-3H3/t17-,18-,19-/m0/s1. The maximum Gasteiger partial charge on any atom is 0.496 e. The van der Waals surface area contributed by atoms with Crippen molar-refractivity contribution in [1.82, 2.24) is 0 Å². The van der Waals surface area contributed by atoms with Crippen molar-refractivity contribution in [2.24, 2.45) is 17.8 Å². The number of carbonyl (C=O) groups is 2. The molecule has 0 aliphatic heterocycles. The van der Waals surface area contributed by atoms with Crippen molar-refractivity contribution >= 4 is 11.9 Å². The lowest BCUT2D eigenvalue weighted by atomic mass is 9.68. The first-order valence-corrected chi connectivity index (χ1v) is 8.83. The normalized spacial score (nSPS) is 21.3. The molecule has 1 aliphatic rings. The van der Waals surface area contributed by atoms with Crippen LogP contribution in [-0.4, -0.2) is 30.8 Å². The molecule has 0 unspecified atom stereocenters. The molecule has 0 aromatic rings. The highest BCUT2D eigenvalue weighted by molar-refractivity contribution is 5.72. The number of carbonyl (C=O) groups excluding carboxylic acids is 2. The van der Waals surface area contributed by atoms with Gasteiger partial charge in [-0.15, -0.1) is 5.73 Å². The Labute approximate surface area is 160 Å². The predicted molar refractivity (Wildman–Crippen MR) is 99.6 cm³/mol. The summed E-state index contributed by atoms with van der Waals surface area (Å²) in [4.78, 5) is 30.1. The number of ether oxygens (including phenoxy) is 2. The van der Waals surface area contributed by atoms with Gasteiger partial charge < -0.3 is 9.47 Å². The Morgan fingerprint density at radius 2 is 1.96 bits per heavy atom. The van der Waals surface area contributed by atoms with Crippen LogP contribution in [0.3, 0.4) is 0 Å². The van der Waals surface area contributed by atoms with Gasteiger partial charge in [-0.1, -0.05) is 18.4 Å². The van der Waals surface area contributed by atoms with E-state index in [-0.39, 0.29) is 36.8 Å². The fourth-order valence-electron chi connectivity index (χ4n) is 3.37. The van der Waals surface area contributed by atoms with Gasteiger partial charge in [-0.3, -0.25) is 9.59 Å². The monoisotopic (exact) mass is 368 g/mol. The van der Waals surface area contributed by atoms with E-state index in [1.54, 1.807) is 13.0 Å². The van der Waals surface area contributed by atoms with Crippen LogP contribution < -0.4 is 0 Å². The molecular formula is C21H24N2O4. The number of esters is 2. The number of nitrogens with zero attached hydrogens (tertiary/aromatic N) is 2. The van der Waals surface area contributed by atoms with Gasteiger partial charge in [-0.25, -0.2) is 22.8 Å². The lowest BCUT2D eigenvalue weighted by molar-refractivity contribution is -0.150. The summed E-state index contributed by atoms with van der Waals surface area (Å²) < 4.78 is 9.87. The molecule has 0 radical (unpaired) electrons. The van der Waals surface area contributed by atoms with Crippen LogP contribution in [0.15, 0.2) is 18.4 Å². The fraction of sp³-hybridized carbons (Fsp3) is 0.571. The maximum absolute atomic E-state index is 12.1. The van der Waals surface area contributed by atoms with Crippen LogP contribution >= 0.6 is 0 Å². The van der Waals surface area contributed by atoms with Crippen LogP contribution in [0.1, 0.15) is 39.5 Å². The molecule has 0 N–H and O–H groups in total. The van der Waals surface area contributed by atoms with Crippen molar-refractivity contribution < 1.29 is 19.1 Å². The highest BCUT2D eigenvalue weighted by atomic mass is 16.5. The van der Waals surface area contributed by atoms with E-state index in [9.17, 15) is 9.59 Å². The Kier molecular flexibility index (Phi) is 8.87. The molecule has 0 amide bonds. The van der Waals surface area contributed by atoms with E-state index in [2.05, 4.69) is 33.8 Å². The third-order valence-electron chi connectivity index (χ3n) is 4.65. The highest BCUT2D eigenvalue weighted by Crippen LogP contribution is 2.45. The summed E-state index contributed by atoms with van der Waals surface area (Å²) in [6.07, 6.45) is 3.41. The van der Waals surface area contributed by atoms with E-state index in [1.807, 2.05) is 0 Å². The van der Waals surface area contributed by atoms with Gasteiger partial charge in [-0.2, -0.15) is 0 Å². The van der Waals surface area contributed by atoms with Gasteiger partial charge in [0.15, 0.2) is 13.0 Å². The largest absolute Gasteiger partial charge is 0.496 e. The van der Waals surface area contributed by atoms with Crippen LogP contribution in [0, 0.1) is 42.7 Å². The van der Waals surface area contributed by atoms with E-state index in [1.165, 1.54) is 6.92 Å². The second-order valence-electron chi connectivity index (χ2n) is 6.32. The van der Waals surface area contributed by atoms with Crippen molar-refractivity contribution in [2.75, 3.05) is 13.2 Å². The lowest BCUT2D eigenvalue weighted by Gasteiger charge is -2.33. The maximum atomic E-state index is 12.1. The lowest BCUT2D eigenvalue weighted by Crippen LogP contribution is -2.41. The zero-order chi connectivity index (χ0) is 20.3. The highest BCUT2D eigenvalue weighted by Gasteiger charge is 2.56. The van der Waals surface area contributed by atoms with Crippen molar-refractivity contribution in [3.05, 3.63) is 41.2 Å². The molecule has 142 valence electrons. The second-order valence-corrected chi connectivity index (χ2v) is 6.32. The quantitative estimate of drug-likeness (QED) is 0.312. The number of rotatable bonds is 6. The molecule has 0 aromatic carbocycles. The SMILES string of the molecule is [C-]#[N+]C(CC#CCOC(C)=O)([N+]#[C-])[C@H]1CC[C@H](C(=O)OCC)C[C@@H]1C=C=C. The molecule has 0 heterocycles. The molecule has 1 fully saturated rings. The Hall–Kier alpha value is -3.00. The van der Waals surface area contributed by atoms with Gasteiger partial charge in [0, 0.05) is 12.8 Å². The molecule has 27 heavy (non-hydrogen) atoms. The molecular weight excluding hydrogens is 344 g/mol. The average Bonchev–Trinajstić information content (AvgIpc) is 2.65. The second kappa shape index (κ2) is 10.9. The zero-order valence-electron chi connectivity index (χ0n) is 15.8. The average molecular weight is 368 g/mol. The minimum Gasteiger partial charge on any atom is -0.466 e. The molecule has 0 saturated heterocycles. The van der Waals surface area contributed by atoms with E-state index < -0.39 is 11.6 Å². The van der Waals surface area contributed by atoms with Gasteiger partial charge in [-0.05, 0) is 32.3 Å². The number of allylic oxidation sites excluding steroid dienone is 1. The summed E-state index contributed by atoms with van der Waals surface area (Å²) in [5.41, 5.74) is 1.40. The first-order valence-electron chi connectivity index (χ1n) is 8.83. The summed E-state index contributed by atoms with van der Waals surface area (Å²) in [7, 11) is 0. The van der Waals surface area contributed by atoms with E-state index in [0.717, 1.165) is 0 Å². The molecule has 0 bridgehead atoms. The first-order chi connectivity index (χ1) is 12.9. The Bertz CT molecular complexity index is 727.